The molecule has 82 valence electrons. The minimum atomic E-state index is -0.337. The Bertz CT molecular complexity index is 362. The molecule has 15 heavy (non-hydrogen) atoms. The molecule has 0 radical (unpaired) electrons. The topological polar surface area (TPSA) is 69.2 Å². The van der Waals surface area contributed by atoms with Gasteiger partial charge in [0.15, 0.2) is 0 Å². The second kappa shape index (κ2) is 4.89. The first-order valence-corrected chi connectivity index (χ1v) is 5.00. The molecule has 0 saturated heterocycles. The summed E-state index contributed by atoms with van der Waals surface area (Å²) in [4.78, 5) is 10.4. The van der Waals surface area contributed by atoms with Crippen molar-refractivity contribution in [3.8, 4) is 0 Å². The Balaban J connectivity index is 2.92. The first-order valence-electron chi connectivity index (χ1n) is 5.00. The van der Waals surface area contributed by atoms with Crippen LogP contribution in [0.3, 0.4) is 0 Å². The van der Waals surface area contributed by atoms with Crippen LogP contribution in [0.15, 0.2) is 18.2 Å². The quantitative estimate of drug-likeness (QED) is 0.609. The maximum Gasteiger partial charge on any atom is 0.272 e. The summed E-state index contributed by atoms with van der Waals surface area (Å²) in [6.07, 6.45) is 1.43. The molecule has 2 N–H and O–H groups in total. The second-order valence-electron chi connectivity index (χ2n) is 3.91. The number of hydrogen-bond donors (Lipinski definition) is 1. The van der Waals surface area contributed by atoms with Crippen molar-refractivity contribution in [1.29, 1.82) is 0 Å². The number of aryl methyl sites for hydroxylation is 2. The highest BCUT2D eigenvalue weighted by Gasteiger charge is 2.13. The first kappa shape index (κ1) is 11.7. The van der Waals surface area contributed by atoms with Gasteiger partial charge in [-0.3, -0.25) is 10.1 Å². The standard InChI is InChI=1S/C11H16N2O2/c1-8-3-6-11(13(14)15)10(7-8)5-4-9(2)12/h3,6-7,9H,4-5,12H2,1-2H3/t9-/m1/s1. The molecule has 1 aromatic carbocycles. The summed E-state index contributed by atoms with van der Waals surface area (Å²) in [5.74, 6) is 0. The molecule has 0 aliphatic rings. The summed E-state index contributed by atoms with van der Waals surface area (Å²) in [5.41, 5.74) is 7.65. The highest BCUT2D eigenvalue weighted by Crippen LogP contribution is 2.21. The molecule has 4 nitrogen and oxygen atoms in total. The fraction of sp³-hybridized carbons (Fsp3) is 0.455. The lowest BCUT2D eigenvalue weighted by molar-refractivity contribution is -0.385. The zero-order valence-corrected chi connectivity index (χ0v) is 9.06. The molecular formula is C11H16N2O2. The molecule has 0 aliphatic carbocycles. The van der Waals surface area contributed by atoms with E-state index in [2.05, 4.69) is 0 Å². The third-order valence-corrected chi connectivity index (χ3v) is 2.30. The fourth-order valence-corrected chi connectivity index (χ4v) is 1.48. The third kappa shape index (κ3) is 3.32. The zero-order chi connectivity index (χ0) is 11.4. The minimum absolute atomic E-state index is 0.0742. The van der Waals surface area contributed by atoms with E-state index in [0.717, 1.165) is 17.5 Å². The van der Waals surface area contributed by atoms with Crippen LogP contribution in [0.2, 0.25) is 0 Å². The zero-order valence-electron chi connectivity index (χ0n) is 9.06. The Morgan fingerprint density at radius 3 is 2.73 bits per heavy atom. The summed E-state index contributed by atoms with van der Waals surface area (Å²) in [6, 6.07) is 5.25. The summed E-state index contributed by atoms with van der Waals surface area (Å²) in [7, 11) is 0. The monoisotopic (exact) mass is 208 g/mol. The van der Waals surface area contributed by atoms with Gasteiger partial charge in [-0.2, -0.15) is 0 Å². The number of rotatable bonds is 4. The molecule has 0 unspecified atom stereocenters. The lowest BCUT2D eigenvalue weighted by Gasteiger charge is -2.06. The molecule has 0 fully saturated rings. The van der Waals surface area contributed by atoms with E-state index in [1.807, 2.05) is 19.9 Å². The number of nitrogens with zero attached hydrogens (tertiary/aromatic N) is 1. The average Bonchev–Trinajstić information content (AvgIpc) is 2.14. The Kier molecular flexibility index (Phi) is 3.80. The number of nitrogens with two attached hydrogens (primary N) is 1. The lowest BCUT2D eigenvalue weighted by Crippen LogP contribution is -2.15. The molecule has 1 rings (SSSR count). The minimum Gasteiger partial charge on any atom is -0.328 e. The molecule has 0 amide bonds. The van der Waals surface area contributed by atoms with E-state index in [1.54, 1.807) is 12.1 Å². The van der Waals surface area contributed by atoms with E-state index in [-0.39, 0.29) is 16.7 Å². The van der Waals surface area contributed by atoms with E-state index in [0.29, 0.717) is 6.42 Å². The fourth-order valence-electron chi connectivity index (χ4n) is 1.48. The van der Waals surface area contributed by atoms with Crippen LogP contribution in [0.1, 0.15) is 24.5 Å². The van der Waals surface area contributed by atoms with Crippen molar-refractivity contribution in [1.82, 2.24) is 0 Å². The van der Waals surface area contributed by atoms with E-state index in [4.69, 9.17) is 5.73 Å². The molecule has 0 heterocycles. The molecule has 4 heteroatoms. The Morgan fingerprint density at radius 1 is 1.53 bits per heavy atom. The molecule has 1 aromatic rings. The maximum atomic E-state index is 10.8. The summed E-state index contributed by atoms with van der Waals surface area (Å²) in [5, 5.41) is 10.8. The maximum absolute atomic E-state index is 10.8. The van der Waals surface area contributed by atoms with E-state index < -0.39 is 0 Å². The van der Waals surface area contributed by atoms with Crippen molar-refractivity contribution in [2.45, 2.75) is 32.7 Å². The number of nitro benzene ring substituents is 1. The number of benzene rings is 1. The Labute approximate surface area is 89.2 Å². The summed E-state index contributed by atoms with van der Waals surface area (Å²) in [6.45, 7) is 3.83. The Hall–Kier alpha value is -1.42. The predicted octanol–water partition coefficient (Wildman–Crippen LogP) is 2.18. The second-order valence-corrected chi connectivity index (χ2v) is 3.91. The van der Waals surface area contributed by atoms with Gasteiger partial charge in [0.2, 0.25) is 0 Å². The van der Waals surface area contributed by atoms with Crippen molar-refractivity contribution in [2.24, 2.45) is 5.73 Å². The van der Waals surface area contributed by atoms with E-state index in [1.165, 1.54) is 0 Å². The van der Waals surface area contributed by atoms with Crippen LogP contribution in [0.5, 0.6) is 0 Å². The molecule has 0 spiro atoms. The SMILES string of the molecule is Cc1ccc([N+](=O)[O-])c(CC[C@@H](C)N)c1. The summed E-state index contributed by atoms with van der Waals surface area (Å²) < 4.78 is 0. The van der Waals surface area contributed by atoms with Crippen molar-refractivity contribution in [3.63, 3.8) is 0 Å². The van der Waals surface area contributed by atoms with Gasteiger partial charge in [0.25, 0.3) is 5.69 Å². The van der Waals surface area contributed by atoms with E-state index in [9.17, 15) is 10.1 Å². The number of nitro groups is 1. The predicted molar refractivity (Wildman–Crippen MR) is 59.8 cm³/mol. The van der Waals surface area contributed by atoms with E-state index >= 15 is 0 Å². The van der Waals surface area contributed by atoms with Crippen molar-refractivity contribution in [2.75, 3.05) is 0 Å². The van der Waals surface area contributed by atoms with Crippen LogP contribution in [-0.4, -0.2) is 11.0 Å². The van der Waals surface area contributed by atoms with Gasteiger partial charge in [0.05, 0.1) is 4.92 Å². The third-order valence-electron chi connectivity index (χ3n) is 2.30. The molecular weight excluding hydrogens is 192 g/mol. The van der Waals surface area contributed by atoms with Gasteiger partial charge < -0.3 is 5.73 Å². The molecule has 0 aliphatic heterocycles. The average molecular weight is 208 g/mol. The van der Waals surface area contributed by atoms with Gasteiger partial charge in [-0.15, -0.1) is 0 Å². The van der Waals surface area contributed by atoms with Gasteiger partial charge in [0, 0.05) is 17.7 Å². The molecule has 0 aromatic heterocycles. The van der Waals surface area contributed by atoms with Gasteiger partial charge in [-0.25, -0.2) is 0 Å². The highest BCUT2D eigenvalue weighted by molar-refractivity contribution is 5.42. The number of hydrogen-bond acceptors (Lipinski definition) is 3. The van der Waals surface area contributed by atoms with Crippen LogP contribution < -0.4 is 5.73 Å². The normalized spacial score (nSPS) is 12.5. The van der Waals surface area contributed by atoms with Gasteiger partial charge in [0.1, 0.15) is 0 Å². The van der Waals surface area contributed by atoms with Crippen LogP contribution in [0, 0.1) is 17.0 Å². The smallest absolute Gasteiger partial charge is 0.272 e. The van der Waals surface area contributed by atoms with Crippen molar-refractivity contribution < 1.29 is 4.92 Å². The Morgan fingerprint density at radius 2 is 2.20 bits per heavy atom. The molecule has 0 bridgehead atoms. The highest BCUT2D eigenvalue weighted by atomic mass is 16.6. The first-order chi connectivity index (χ1) is 7.00. The van der Waals surface area contributed by atoms with Gasteiger partial charge >= 0.3 is 0 Å². The summed E-state index contributed by atoms with van der Waals surface area (Å²) >= 11 is 0. The van der Waals surface area contributed by atoms with Crippen LogP contribution in [0.4, 0.5) is 5.69 Å². The van der Waals surface area contributed by atoms with Crippen molar-refractivity contribution >= 4 is 5.69 Å². The van der Waals surface area contributed by atoms with Crippen LogP contribution in [0.25, 0.3) is 0 Å². The molecule has 1 atom stereocenters. The molecule has 0 saturated carbocycles. The van der Waals surface area contributed by atoms with Crippen molar-refractivity contribution in [3.05, 3.63) is 39.4 Å². The largest absolute Gasteiger partial charge is 0.328 e. The van der Waals surface area contributed by atoms with Crippen LogP contribution in [-0.2, 0) is 6.42 Å². The van der Waals surface area contributed by atoms with Crippen LogP contribution >= 0.6 is 0 Å². The van der Waals surface area contributed by atoms with Gasteiger partial charge in [-0.1, -0.05) is 11.6 Å². The lowest BCUT2D eigenvalue weighted by atomic mass is 10.0. The van der Waals surface area contributed by atoms with Gasteiger partial charge in [-0.05, 0) is 32.8 Å².